The molecular weight excluding hydrogens is 380 g/mol. The minimum Gasteiger partial charge on any atom is -0.448 e. The van der Waals surface area contributed by atoms with Gasteiger partial charge in [-0.1, -0.05) is 29.8 Å². The molecule has 3 aromatic rings. The third kappa shape index (κ3) is 4.20. The van der Waals surface area contributed by atoms with Crippen molar-refractivity contribution in [2.45, 2.75) is 33.4 Å². The van der Waals surface area contributed by atoms with Crippen LogP contribution in [0.5, 0.6) is 0 Å². The Kier molecular flexibility index (Phi) is 5.46. The number of nitrogens with zero attached hydrogens (tertiary/aromatic N) is 2. The van der Waals surface area contributed by atoms with Crippen LogP contribution < -0.4 is 11.1 Å². The van der Waals surface area contributed by atoms with E-state index in [1.807, 2.05) is 48.1 Å². The summed E-state index contributed by atoms with van der Waals surface area (Å²) in [5.41, 5.74) is 7.98. The van der Waals surface area contributed by atoms with Crippen molar-refractivity contribution in [2.24, 2.45) is 5.73 Å². The second-order valence-electron chi connectivity index (χ2n) is 6.46. The average molecular weight is 400 g/mol. The number of aromatic nitrogens is 2. The van der Waals surface area contributed by atoms with Crippen molar-refractivity contribution in [3.05, 3.63) is 52.0 Å². The van der Waals surface area contributed by atoms with E-state index in [0.29, 0.717) is 11.4 Å². The van der Waals surface area contributed by atoms with Gasteiger partial charge in [0.25, 0.3) is 5.91 Å². The minimum absolute atomic E-state index is 0.354. The third-order valence-corrected chi connectivity index (χ3v) is 5.29. The first-order valence-corrected chi connectivity index (χ1v) is 9.40. The number of carbonyl (C=O) groups is 3. The summed E-state index contributed by atoms with van der Waals surface area (Å²) in [6, 6.07) is 8.87. The Morgan fingerprint density at radius 3 is 2.57 bits per heavy atom. The van der Waals surface area contributed by atoms with Crippen LogP contribution in [0.1, 0.15) is 33.4 Å². The smallest absolute Gasteiger partial charge is 0.349 e. The number of benzene rings is 1. The number of thiophene rings is 1. The van der Waals surface area contributed by atoms with E-state index < -0.39 is 24.0 Å². The zero-order valence-electron chi connectivity index (χ0n) is 15.7. The molecule has 0 aliphatic carbocycles. The molecule has 3 amide bonds. The van der Waals surface area contributed by atoms with E-state index in [1.165, 1.54) is 23.8 Å². The highest BCUT2D eigenvalue weighted by molar-refractivity contribution is 7.20. The summed E-state index contributed by atoms with van der Waals surface area (Å²) in [6.45, 7) is 5.85. The molecule has 0 aliphatic heterocycles. The first-order valence-electron chi connectivity index (χ1n) is 8.58. The van der Waals surface area contributed by atoms with Gasteiger partial charge in [-0.05, 0) is 32.4 Å². The number of urea groups is 1. The number of imide groups is 1. The molecule has 3 rings (SSSR count). The molecule has 0 bridgehead atoms. The van der Waals surface area contributed by atoms with Gasteiger partial charge in [0.05, 0.1) is 12.2 Å². The molecule has 9 heteroatoms. The molecule has 28 heavy (non-hydrogen) atoms. The maximum absolute atomic E-state index is 12.4. The number of nitrogens with one attached hydrogen (secondary N) is 1. The first kappa shape index (κ1) is 19.6. The summed E-state index contributed by atoms with van der Waals surface area (Å²) in [6.07, 6.45) is -1.14. The number of esters is 1. The van der Waals surface area contributed by atoms with Gasteiger partial charge in [-0.25, -0.2) is 9.59 Å². The molecule has 1 atom stereocenters. The van der Waals surface area contributed by atoms with Crippen molar-refractivity contribution in [1.82, 2.24) is 15.1 Å². The molecule has 0 saturated carbocycles. The molecule has 2 heterocycles. The summed E-state index contributed by atoms with van der Waals surface area (Å²) in [7, 11) is 0. The van der Waals surface area contributed by atoms with Crippen molar-refractivity contribution < 1.29 is 19.1 Å². The van der Waals surface area contributed by atoms with Crippen LogP contribution >= 0.6 is 11.3 Å². The van der Waals surface area contributed by atoms with Gasteiger partial charge >= 0.3 is 12.0 Å². The summed E-state index contributed by atoms with van der Waals surface area (Å²) in [5.74, 6) is -1.42. The number of rotatable bonds is 5. The van der Waals surface area contributed by atoms with Crippen LogP contribution in [-0.2, 0) is 16.1 Å². The maximum atomic E-state index is 12.4. The van der Waals surface area contributed by atoms with E-state index in [1.54, 1.807) is 6.07 Å². The lowest BCUT2D eigenvalue weighted by atomic mass is 10.1. The van der Waals surface area contributed by atoms with E-state index >= 15 is 0 Å². The van der Waals surface area contributed by atoms with Crippen LogP contribution in [0, 0.1) is 13.8 Å². The first-order chi connectivity index (χ1) is 13.2. The number of fused-ring (bicyclic) bond motifs is 1. The standard InChI is InChI=1S/C19H20N4O4S/c1-10-4-6-13(7-5-10)9-23-17-14(11(2)22-23)8-15(28-17)18(25)27-12(3)16(24)21-19(20)26/h4-8,12H,9H2,1-3H3,(H3,20,21,24,26)/t12-/m0/s1. The monoisotopic (exact) mass is 400 g/mol. The molecule has 3 N–H and O–H groups in total. The van der Waals surface area contributed by atoms with E-state index in [9.17, 15) is 14.4 Å². The number of carbonyl (C=O) groups excluding carboxylic acids is 3. The third-order valence-electron chi connectivity index (χ3n) is 4.16. The van der Waals surface area contributed by atoms with Crippen LogP contribution in [0.4, 0.5) is 4.79 Å². The number of aryl methyl sites for hydroxylation is 2. The Hall–Kier alpha value is -3.20. The second-order valence-corrected chi connectivity index (χ2v) is 7.49. The van der Waals surface area contributed by atoms with Gasteiger partial charge in [0.2, 0.25) is 0 Å². The van der Waals surface area contributed by atoms with E-state index in [2.05, 4.69) is 5.10 Å². The van der Waals surface area contributed by atoms with Crippen molar-refractivity contribution in [3.8, 4) is 0 Å². The van der Waals surface area contributed by atoms with E-state index in [0.717, 1.165) is 21.5 Å². The predicted octanol–water partition coefficient (Wildman–Crippen LogP) is 2.50. The van der Waals surface area contributed by atoms with Gasteiger partial charge in [0.1, 0.15) is 9.71 Å². The Bertz CT molecular complexity index is 1050. The van der Waals surface area contributed by atoms with Gasteiger partial charge in [-0.3, -0.25) is 14.8 Å². The molecular formula is C19H20N4O4S. The van der Waals surface area contributed by atoms with Gasteiger partial charge in [-0.15, -0.1) is 11.3 Å². The predicted molar refractivity (Wildman–Crippen MR) is 105 cm³/mol. The summed E-state index contributed by atoms with van der Waals surface area (Å²) >= 11 is 1.25. The Balaban J connectivity index is 1.80. The van der Waals surface area contributed by atoms with Crippen molar-refractivity contribution in [3.63, 3.8) is 0 Å². The van der Waals surface area contributed by atoms with Crippen LogP contribution in [0.2, 0.25) is 0 Å². The lowest BCUT2D eigenvalue weighted by Crippen LogP contribution is -2.42. The topological polar surface area (TPSA) is 116 Å². The van der Waals surface area contributed by atoms with Crippen LogP contribution in [-0.4, -0.2) is 33.8 Å². The molecule has 0 spiro atoms. The van der Waals surface area contributed by atoms with Gasteiger partial charge in [0, 0.05) is 5.39 Å². The number of nitrogens with two attached hydrogens (primary N) is 1. The lowest BCUT2D eigenvalue weighted by Gasteiger charge is -2.10. The molecule has 0 radical (unpaired) electrons. The zero-order valence-corrected chi connectivity index (χ0v) is 16.5. The highest BCUT2D eigenvalue weighted by Gasteiger charge is 2.23. The Labute approximate surface area is 165 Å². The quantitative estimate of drug-likeness (QED) is 0.638. The van der Waals surface area contributed by atoms with E-state index in [-0.39, 0.29) is 0 Å². The molecule has 146 valence electrons. The summed E-state index contributed by atoms with van der Waals surface area (Å²) < 4.78 is 6.98. The average Bonchev–Trinajstić information content (AvgIpc) is 3.18. The highest BCUT2D eigenvalue weighted by Crippen LogP contribution is 2.29. The molecule has 0 fully saturated rings. The van der Waals surface area contributed by atoms with Crippen molar-refractivity contribution >= 4 is 39.5 Å². The van der Waals surface area contributed by atoms with Crippen LogP contribution in [0.15, 0.2) is 30.3 Å². The normalized spacial score (nSPS) is 12.0. The van der Waals surface area contributed by atoms with Crippen LogP contribution in [0.3, 0.4) is 0 Å². The second kappa shape index (κ2) is 7.81. The molecule has 0 aliphatic rings. The Morgan fingerprint density at radius 1 is 1.25 bits per heavy atom. The molecule has 1 aromatic carbocycles. The van der Waals surface area contributed by atoms with Gasteiger partial charge in [0.15, 0.2) is 6.10 Å². The largest absolute Gasteiger partial charge is 0.448 e. The fourth-order valence-corrected chi connectivity index (χ4v) is 3.73. The molecule has 0 saturated heterocycles. The fraction of sp³-hybridized carbons (Fsp3) is 0.263. The number of ether oxygens (including phenoxy) is 1. The SMILES string of the molecule is Cc1ccc(Cn2nc(C)c3cc(C(=O)O[C@@H](C)C(=O)NC(N)=O)sc32)cc1. The van der Waals surface area contributed by atoms with Crippen molar-refractivity contribution in [1.29, 1.82) is 0 Å². The fourth-order valence-electron chi connectivity index (χ4n) is 2.68. The maximum Gasteiger partial charge on any atom is 0.349 e. The molecule has 8 nitrogen and oxygen atoms in total. The number of hydrogen-bond acceptors (Lipinski definition) is 6. The van der Waals surface area contributed by atoms with Gasteiger partial charge < -0.3 is 10.5 Å². The number of amides is 3. The summed E-state index contributed by atoms with van der Waals surface area (Å²) in [4.78, 5) is 36.0. The van der Waals surface area contributed by atoms with E-state index in [4.69, 9.17) is 10.5 Å². The zero-order chi connectivity index (χ0) is 20.4. The molecule has 0 unspecified atom stereocenters. The number of hydrogen-bond donors (Lipinski definition) is 2. The summed E-state index contributed by atoms with van der Waals surface area (Å²) in [5, 5.41) is 7.29. The number of primary amides is 1. The Morgan fingerprint density at radius 2 is 1.93 bits per heavy atom. The van der Waals surface area contributed by atoms with Crippen LogP contribution in [0.25, 0.3) is 10.2 Å². The lowest BCUT2D eigenvalue weighted by molar-refractivity contribution is -0.127. The molecule has 2 aromatic heterocycles. The highest BCUT2D eigenvalue weighted by atomic mass is 32.1. The van der Waals surface area contributed by atoms with Crippen molar-refractivity contribution in [2.75, 3.05) is 0 Å². The van der Waals surface area contributed by atoms with Gasteiger partial charge in [-0.2, -0.15) is 5.10 Å². The minimum atomic E-state index is -1.14.